The minimum Gasteiger partial charge on any atom is -0.371 e. The highest BCUT2D eigenvalue weighted by atomic mass is 35.5. The number of piperazine rings is 1. The Hall–Kier alpha value is -1.55. The van der Waals surface area contributed by atoms with Crippen LogP contribution in [-0.4, -0.2) is 55.1 Å². The van der Waals surface area contributed by atoms with Gasteiger partial charge in [0.1, 0.15) is 0 Å². The maximum atomic E-state index is 2.75. The van der Waals surface area contributed by atoms with Crippen LogP contribution in [0.1, 0.15) is 36.9 Å². The van der Waals surface area contributed by atoms with Crippen LogP contribution in [0.5, 0.6) is 0 Å². The molecule has 2 fully saturated rings. The van der Waals surface area contributed by atoms with E-state index in [0.29, 0.717) is 6.04 Å². The molecule has 0 saturated carbocycles. The number of para-hydroxylation sites is 1. The molecule has 2 aliphatic heterocycles. The van der Waals surface area contributed by atoms with Gasteiger partial charge < -0.3 is 4.90 Å². The summed E-state index contributed by atoms with van der Waals surface area (Å²) in [5, 5.41) is 0. The summed E-state index contributed by atoms with van der Waals surface area (Å²) in [5.74, 6) is 0. The van der Waals surface area contributed by atoms with Crippen LogP contribution in [0.3, 0.4) is 0 Å². The molecule has 1 unspecified atom stereocenters. The Morgan fingerprint density at radius 2 is 1.39 bits per heavy atom. The zero-order valence-corrected chi connectivity index (χ0v) is 18.1. The largest absolute Gasteiger partial charge is 0.371 e. The molecule has 0 aromatic heterocycles. The molecular formula is C24H34ClN3. The van der Waals surface area contributed by atoms with E-state index in [0.717, 1.165) is 6.04 Å². The lowest BCUT2D eigenvalue weighted by Crippen LogP contribution is -2.53. The second-order valence-electron chi connectivity index (χ2n) is 8.16. The summed E-state index contributed by atoms with van der Waals surface area (Å²) in [6, 6.07) is 21.1. The van der Waals surface area contributed by atoms with Crippen molar-refractivity contribution in [2.45, 2.75) is 38.8 Å². The van der Waals surface area contributed by atoms with Crippen LogP contribution >= 0.6 is 12.4 Å². The molecule has 2 aromatic rings. The van der Waals surface area contributed by atoms with Gasteiger partial charge in [-0.05, 0) is 43.9 Å². The van der Waals surface area contributed by atoms with E-state index in [-0.39, 0.29) is 12.4 Å². The van der Waals surface area contributed by atoms with Gasteiger partial charge in [-0.2, -0.15) is 0 Å². The lowest BCUT2D eigenvalue weighted by molar-refractivity contribution is 0.0649. The van der Waals surface area contributed by atoms with Crippen LogP contribution in [0.15, 0.2) is 54.6 Å². The summed E-state index contributed by atoms with van der Waals surface area (Å²) < 4.78 is 0. The second-order valence-corrected chi connectivity index (χ2v) is 8.16. The van der Waals surface area contributed by atoms with Crippen molar-refractivity contribution in [1.29, 1.82) is 0 Å². The Bertz CT molecular complexity index is 720. The van der Waals surface area contributed by atoms with Crippen molar-refractivity contribution in [2.24, 2.45) is 0 Å². The van der Waals surface area contributed by atoms with Gasteiger partial charge in [-0.1, -0.05) is 48.5 Å². The second kappa shape index (κ2) is 9.78. The number of aryl methyl sites for hydroxylation is 1. The summed E-state index contributed by atoms with van der Waals surface area (Å²) in [4.78, 5) is 7.98. The third kappa shape index (κ3) is 4.71. The Balaban J connectivity index is 0.00000225. The normalized spacial score (nSPS) is 20.6. The average molecular weight is 400 g/mol. The number of benzene rings is 2. The third-order valence-corrected chi connectivity index (χ3v) is 6.62. The first-order chi connectivity index (χ1) is 13.2. The van der Waals surface area contributed by atoms with Crippen LogP contribution in [0.2, 0.25) is 0 Å². The summed E-state index contributed by atoms with van der Waals surface area (Å²) in [6.07, 6.45) is 2.59. The molecule has 4 rings (SSSR count). The van der Waals surface area contributed by atoms with Gasteiger partial charge in [-0.15, -0.1) is 12.4 Å². The van der Waals surface area contributed by atoms with Crippen LogP contribution in [-0.2, 0) is 0 Å². The third-order valence-electron chi connectivity index (χ3n) is 6.62. The standard InChI is InChI=1S/C24H33N3.ClH/c1-20-8-6-7-11-24(20)27-14-12-23(13-15-27)26-18-16-25(17-19-26)21(2)22-9-4-3-5-10-22;/h3-11,21,23H,12-19H2,1-2H3;1H. The monoisotopic (exact) mass is 399 g/mol. The maximum Gasteiger partial charge on any atom is 0.0395 e. The quantitative estimate of drug-likeness (QED) is 0.733. The molecule has 0 N–H and O–H groups in total. The van der Waals surface area contributed by atoms with E-state index in [1.807, 2.05) is 0 Å². The number of hydrogen-bond acceptors (Lipinski definition) is 3. The molecule has 2 aromatic carbocycles. The van der Waals surface area contributed by atoms with Crippen LogP contribution < -0.4 is 4.90 Å². The summed E-state index contributed by atoms with van der Waals surface area (Å²) in [7, 11) is 0. The molecule has 152 valence electrons. The Morgan fingerprint density at radius 3 is 2.04 bits per heavy atom. The fourth-order valence-corrected chi connectivity index (χ4v) is 4.82. The van der Waals surface area contributed by atoms with Gasteiger partial charge in [0.05, 0.1) is 0 Å². The fraction of sp³-hybridized carbons (Fsp3) is 0.500. The highest BCUT2D eigenvalue weighted by molar-refractivity contribution is 5.85. The van der Waals surface area contributed by atoms with Crippen LogP contribution in [0.4, 0.5) is 5.69 Å². The van der Waals surface area contributed by atoms with Gasteiger partial charge in [0.15, 0.2) is 0 Å². The molecule has 0 radical (unpaired) electrons. The Labute approximate surface area is 176 Å². The highest BCUT2D eigenvalue weighted by Crippen LogP contribution is 2.27. The number of halogens is 1. The molecule has 2 heterocycles. The van der Waals surface area contributed by atoms with E-state index in [1.165, 1.54) is 68.9 Å². The molecule has 0 spiro atoms. The zero-order valence-electron chi connectivity index (χ0n) is 17.3. The van der Waals surface area contributed by atoms with Crippen molar-refractivity contribution in [3.8, 4) is 0 Å². The number of anilines is 1. The van der Waals surface area contributed by atoms with Gasteiger partial charge in [-0.3, -0.25) is 9.80 Å². The van der Waals surface area contributed by atoms with E-state index in [1.54, 1.807) is 0 Å². The van der Waals surface area contributed by atoms with Crippen molar-refractivity contribution >= 4 is 18.1 Å². The van der Waals surface area contributed by atoms with Crippen molar-refractivity contribution in [1.82, 2.24) is 9.80 Å². The molecule has 0 amide bonds. The lowest BCUT2D eigenvalue weighted by Gasteiger charge is -2.44. The smallest absolute Gasteiger partial charge is 0.0395 e. The van der Waals surface area contributed by atoms with Crippen molar-refractivity contribution in [3.05, 3.63) is 65.7 Å². The molecule has 3 nitrogen and oxygen atoms in total. The number of rotatable bonds is 4. The van der Waals surface area contributed by atoms with Gasteiger partial charge in [0, 0.05) is 57.0 Å². The predicted molar refractivity (Wildman–Crippen MR) is 122 cm³/mol. The van der Waals surface area contributed by atoms with Gasteiger partial charge in [0.25, 0.3) is 0 Å². The average Bonchev–Trinajstić information content (AvgIpc) is 2.74. The summed E-state index contributed by atoms with van der Waals surface area (Å²) in [5.41, 5.74) is 4.27. The zero-order chi connectivity index (χ0) is 18.6. The minimum atomic E-state index is 0. The topological polar surface area (TPSA) is 9.72 Å². The number of hydrogen-bond donors (Lipinski definition) is 0. The minimum absolute atomic E-state index is 0. The van der Waals surface area contributed by atoms with E-state index in [4.69, 9.17) is 0 Å². The first-order valence-corrected chi connectivity index (χ1v) is 10.6. The summed E-state index contributed by atoms with van der Waals surface area (Å²) in [6.45, 7) is 11.8. The van der Waals surface area contributed by atoms with Gasteiger partial charge >= 0.3 is 0 Å². The van der Waals surface area contributed by atoms with E-state index in [9.17, 15) is 0 Å². The molecule has 0 bridgehead atoms. The lowest BCUT2D eigenvalue weighted by atomic mass is 10.00. The van der Waals surface area contributed by atoms with Gasteiger partial charge in [0.2, 0.25) is 0 Å². The highest BCUT2D eigenvalue weighted by Gasteiger charge is 2.29. The molecule has 1 atom stereocenters. The molecule has 0 aliphatic carbocycles. The molecule has 2 aliphatic rings. The van der Waals surface area contributed by atoms with Crippen molar-refractivity contribution in [2.75, 3.05) is 44.2 Å². The maximum absolute atomic E-state index is 2.75. The van der Waals surface area contributed by atoms with E-state index in [2.05, 4.69) is 83.1 Å². The van der Waals surface area contributed by atoms with Crippen LogP contribution in [0, 0.1) is 6.92 Å². The number of piperidine rings is 1. The van der Waals surface area contributed by atoms with Crippen LogP contribution in [0.25, 0.3) is 0 Å². The molecule has 4 heteroatoms. The first kappa shape index (κ1) is 21.2. The van der Waals surface area contributed by atoms with E-state index < -0.39 is 0 Å². The van der Waals surface area contributed by atoms with Crippen molar-refractivity contribution in [3.63, 3.8) is 0 Å². The summed E-state index contributed by atoms with van der Waals surface area (Å²) >= 11 is 0. The predicted octanol–water partition coefficient (Wildman–Crippen LogP) is 4.76. The number of nitrogens with zero attached hydrogens (tertiary/aromatic N) is 3. The fourth-order valence-electron chi connectivity index (χ4n) is 4.82. The van der Waals surface area contributed by atoms with Crippen molar-refractivity contribution < 1.29 is 0 Å². The molecule has 28 heavy (non-hydrogen) atoms. The SMILES string of the molecule is Cc1ccccc1N1CCC(N2CCN(C(C)c3ccccc3)CC2)CC1.Cl. The molecule has 2 saturated heterocycles. The Morgan fingerprint density at radius 1 is 0.786 bits per heavy atom. The first-order valence-electron chi connectivity index (χ1n) is 10.6. The van der Waals surface area contributed by atoms with E-state index >= 15 is 0 Å². The molecular weight excluding hydrogens is 366 g/mol. The Kier molecular flexibility index (Phi) is 7.39. The van der Waals surface area contributed by atoms with Gasteiger partial charge in [-0.25, -0.2) is 0 Å².